The van der Waals surface area contributed by atoms with Gasteiger partial charge in [-0.15, -0.1) is 0 Å². The predicted octanol–water partition coefficient (Wildman–Crippen LogP) is 3.44. The molecule has 1 amide bonds. The van der Waals surface area contributed by atoms with Crippen molar-refractivity contribution in [2.45, 2.75) is 63.5 Å². The Hall–Kier alpha value is -2.14. The summed E-state index contributed by atoms with van der Waals surface area (Å²) in [5.41, 5.74) is 3.97. The third kappa shape index (κ3) is 3.28. The lowest BCUT2D eigenvalue weighted by atomic mass is 10.1. The highest BCUT2D eigenvalue weighted by Crippen LogP contribution is 2.27. The number of rotatable bonds is 4. The van der Waals surface area contributed by atoms with Crippen molar-refractivity contribution < 1.29 is 9.53 Å². The van der Waals surface area contributed by atoms with Crippen molar-refractivity contribution >= 4 is 5.91 Å². The molecular weight excluding hydrogens is 326 g/mol. The number of aromatic nitrogens is 2. The van der Waals surface area contributed by atoms with Crippen LogP contribution in [0.4, 0.5) is 0 Å². The average Bonchev–Trinajstić information content (AvgIpc) is 3.19. The molecule has 1 saturated carbocycles. The molecule has 0 radical (unpaired) electrons. The first-order valence-corrected chi connectivity index (χ1v) is 9.78. The summed E-state index contributed by atoms with van der Waals surface area (Å²) in [6.45, 7) is 0. The van der Waals surface area contributed by atoms with E-state index < -0.39 is 0 Å². The van der Waals surface area contributed by atoms with Crippen LogP contribution in [0.3, 0.4) is 0 Å². The zero-order valence-electron chi connectivity index (χ0n) is 15.4. The van der Waals surface area contributed by atoms with Crippen LogP contribution in [-0.4, -0.2) is 34.9 Å². The smallest absolute Gasteiger partial charge is 0.272 e. The van der Waals surface area contributed by atoms with E-state index in [0.29, 0.717) is 5.69 Å². The maximum absolute atomic E-state index is 13.0. The number of fused-ring (bicyclic) bond motifs is 1. The first-order chi connectivity index (χ1) is 12.8. The molecule has 26 heavy (non-hydrogen) atoms. The molecule has 2 atom stereocenters. The topological polar surface area (TPSA) is 56.1 Å². The second-order valence-electron chi connectivity index (χ2n) is 7.37. The highest BCUT2D eigenvalue weighted by molar-refractivity contribution is 5.94. The molecule has 0 saturated heterocycles. The standard InChI is InChI=1S/C21H27N3O2/c1-26-19-14-8-12-17(19)22-21(25)20-16-11-6-3-7-13-18(16)24(23-20)15-9-4-2-5-10-15/h2,4-5,9-10,17,19H,3,6-8,11-14H2,1H3,(H,22,25)/t17-,19-/m1/s1. The molecule has 2 aliphatic carbocycles. The van der Waals surface area contributed by atoms with Crippen molar-refractivity contribution in [3.8, 4) is 5.69 Å². The van der Waals surface area contributed by atoms with Crippen molar-refractivity contribution in [3.63, 3.8) is 0 Å². The molecular formula is C21H27N3O2. The zero-order valence-corrected chi connectivity index (χ0v) is 15.4. The summed E-state index contributed by atoms with van der Waals surface area (Å²) in [6.07, 6.45) is 8.60. The van der Waals surface area contributed by atoms with E-state index in [1.54, 1.807) is 7.11 Å². The Labute approximate surface area is 154 Å². The first kappa shape index (κ1) is 17.3. The Kier molecular flexibility index (Phi) is 5.07. The summed E-state index contributed by atoms with van der Waals surface area (Å²) < 4.78 is 7.51. The van der Waals surface area contributed by atoms with Crippen molar-refractivity contribution in [2.24, 2.45) is 0 Å². The quantitative estimate of drug-likeness (QED) is 0.857. The van der Waals surface area contributed by atoms with Gasteiger partial charge >= 0.3 is 0 Å². The third-order valence-electron chi connectivity index (χ3n) is 5.72. The Bertz CT molecular complexity index is 769. The molecule has 1 N–H and O–H groups in total. The molecule has 1 aromatic heterocycles. The molecule has 0 aliphatic heterocycles. The maximum atomic E-state index is 13.0. The summed E-state index contributed by atoms with van der Waals surface area (Å²) in [5.74, 6) is -0.0493. The van der Waals surface area contributed by atoms with Gasteiger partial charge in [-0.25, -0.2) is 4.68 Å². The minimum atomic E-state index is -0.0493. The zero-order chi connectivity index (χ0) is 17.9. The van der Waals surface area contributed by atoms with E-state index in [1.807, 2.05) is 22.9 Å². The minimum absolute atomic E-state index is 0.0493. The van der Waals surface area contributed by atoms with Gasteiger partial charge in [0.05, 0.1) is 17.8 Å². The number of amides is 1. The number of ether oxygens (including phenoxy) is 1. The summed E-state index contributed by atoms with van der Waals surface area (Å²) in [5, 5.41) is 7.95. The normalized spacial score (nSPS) is 22.7. The van der Waals surface area contributed by atoms with Crippen LogP contribution in [0.1, 0.15) is 60.3 Å². The molecule has 5 nitrogen and oxygen atoms in total. The lowest BCUT2D eigenvalue weighted by Gasteiger charge is -2.19. The van der Waals surface area contributed by atoms with Gasteiger partial charge in [-0.2, -0.15) is 5.10 Å². The summed E-state index contributed by atoms with van der Waals surface area (Å²) in [4.78, 5) is 13.0. The lowest BCUT2D eigenvalue weighted by Crippen LogP contribution is -2.41. The molecule has 2 aliphatic rings. The van der Waals surface area contributed by atoms with Gasteiger partial charge in [0.2, 0.25) is 0 Å². The van der Waals surface area contributed by atoms with Gasteiger partial charge < -0.3 is 10.1 Å². The Morgan fingerprint density at radius 3 is 2.73 bits per heavy atom. The molecule has 0 spiro atoms. The van der Waals surface area contributed by atoms with E-state index in [2.05, 4.69) is 17.4 Å². The minimum Gasteiger partial charge on any atom is -0.379 e. The molecule has 2 aromatic rings. The molecule has 0 bridgehead atoms. The van der Waals surface area contributed by atoms with Crippen LogP contribution in [-0.2, 0) is 17.6 Å². The van der Waals surface area contributed by atoms with E-state index in [9.17, 15) is 4.79 Å². The molecule has 1 aromatic carbocycles. The van der Waals surface area contributed by atoms with E-state index >= 15 is 0 Å². The molecule has 0 unspecified atom stereocenters. The van der Waals surface area contributed by atoms with Gasteiger partial charge in [0.15, 0.2) is 5.69 Å². The highest BCUT2D eigenvalue weighted by atomic mass is 16.5. The number of hydrogen-bond donors (Lipinski definition) is 1. The fraction of sp³-hybridized carbons (Fsp3) is 0.524. The SMILES string of the molecule is CO[C@@H]1CCC[C@H]1NC(=O)c1nn(-c2ccccc2)c2c1CCCCC2. The van der Waals surface area contributed by atoms with Crippen LogP contribution >= 0.6 is 0 Å². The van der Waals surface area contributed by atoms with Gasteiger partial charge in [-0.3, -0.25) is 4.79 Å². The predicted molar refractivity (Wildman–Crippen MR) is 101 cm³/mol. The van der Waals surface area contributed by atoms with Crippen LogP contribution in [0.5, 0.6) is 0 Å². The summed E-state index contributed by atoms with van der Waals surface area (Å²) in [7, 11) is 1.73. The number of carbonyl (C=O) groups is 1. The van der Waals surface area contributed by atoms with Gasteiger partial charge in [-0.1, -0.05) is 24.6 Å². The van der Waals surface area contributed by atoms with E-state index in [4.69, 9.17) is 9.84 Å². The van der Waals surface area contributed by atoms with Gasteiger partial charge in [-0.05, 0) is 57.1 Å². The van der Waals surface area contributed by atoms with Gasteiger partial charge in [0.1, 0.15) is 0 Å². The average molecular weight is 353 g/mol. The number of hydrogen-bond acceptors (Lipinski definition) is 3. The van der Waals surface area contributed by atoms with Crippen molar-refractivity contribution in [3.05, 3.63) is 47.3 Å². The van der Waals surface area contributed by atoms with Gasteiger partial charge in [0.25, 0.3) is 5.91 Å². The number of carbonyl (C=O) groups excluding carboxylic acids is 1. The Morgan fingerprint density at radius 2 is 1.92 bits per heavy atom. The number of nitrogens with zero attached hydrogens (tertiary/aromatic N) is 2. The van der Waals surface area contributed by atoms with E-state index in [0.717, 1.165) is 56.2 Å². The largest absolute Gasteiger partial charge is 0.379 e. The molecule has 1 fully saturated rings. The van der Waals surface area contributed by atoms with Crippen LogP contribution in [0.2, 0.25) is 0 Å². The number of para-hydroxylation sites is 1. The highest BCUT2D eigenvalue weighted by Gasteiger charge is 2.31. The fourth-order valence-corrected chi connectivity index (χ4v) is 4.35. The molecule has 1 heterocycles. The number of nitrogens with one attached hydrogen (secondary N) is 1. The van der Waals surface area contributed by atoms with Crippen molar-refractivity contribution in [2.75, 3.05) is 7.11 Å². The second-order valence-corrected chi connectivity index (χ2v) is 7.37. The Morgan fingerprint density at radius 1 is 1.12 bits per heavy atom. The monoisotopic (exact) mass is 353 g/mol. The van der Waals surface area contributed by atoms with E-state index in [-0.39, 0.29) is 18.1 Å². The van der Waals surface area contributed by atoms with Crippen LogP contribution in [0.15, 0.2) is 30.3 Å². The lowest BCUT2D eigenvalue weighted by molar-refractivity contribution is 0.0718. The van der Waals surface area contributed by atoms with Crippen LogP contribution < -0.4 is 5.32 Å². The molecule has 4 rings (SSSR count). The van der Waals surface area contributed by atoms with E-state index in [1.165, 1.54) is 12.1 Å². The molecule has 138 valence electrons. The van der Waals surface area contributed by atoms with Crippen molar-refractivity contribution in [1.29, 1.82) is 0 Å². The van der Waals surface area contributed by atoms with Crippen molar-refractivity contribution in [1.82, 2.24) is 15.1 Å². The van der Waals surface area contributed by atoms with Crippen LogP contribution in [0, 0.1) is 0 Å². The molecule has 5 heteroatoms. The van der Waals surface area contributed by atoms with Gasteiger partial charge in [0, 0.05) is 18.4 Å². The maximum Gasteiger partial charge on any atom is 0.272 e. The number of benzene rings is 1. The Balaban J connectivity index is 1.67. The summed E-state index contributed by atoms with van der Waals surface area (Å²) >= 11 is 0. The number of methoxy groups -OCH3 is 1. The van der Waals surface area contributed by atoms with Crippen LogP contribution in [0.25, 0.3) is 5.69 Å². The summed E-state index contributed by atoms with van der Waals surface area (Å²) in [6, 6.07) is 10.2. The first-order valence-electron chi connectivity index (χ1n) is 9.78. The second kappa shape index (κ2) is 7.62. The fourth-order valence-electron chi connectivity index (χ4n) is 4.35. The third-order valence-corrected chi connectivity index (χ3v) is 5.72.